The lowest BCUT2D eigenvalue weighted by Crippen LogP contribution is -2.46. The summed E-state index contributed by atoms with van der Waals surface area (Å²) in [4.78, 5) is 14.1. The van der Waals surface area contributed by atoms with E-state index in [0.29, 0.717) is 26.1 Å². The maximum absolute atomic E-state index is 12.3. The van der Waals surface area contributed by atoms with Crippen molar-refractivity contribution >= 4 is 15.7 Å². The van der Waals surface area contributed by atoms with Crippen molar-refractivity contribution in [3.8, 4) is 0 Å². The first kappa shape index (κ1) is 15.6. The summed E-state index contributed by atoms with van der Waals surface area (Å²) in [5, 5.41) is 2.24. The van der Waals surface area contributed by atoms with Crippen LogP contribution >= 0.6 is 0 Å². The van der Waals surface area contributed by atoms with Crippen molar-refractivity contribution in [2.24, 2.45) is 11.8 Å². The van der Waals surface area contributed by atoms with Crippen molar-refractivity contribution in [2.75, 3.05) is 25.9 Å². The lowest BCUT2D eigenvalue weighted by atomic mass is 9.87. The summed E-state index contributed by atoms with van der Waals surface area (Å²) in [7, 11) is -1.50. The minimum absolute atomic E-state index is 0.0411. The number of nitrogens with zero attached hydrogens (tertiary/aromatic N) is 1. The van der Waals surface area contributed by atoms with Crippen LogP contribution in [-0.2, 0) is 21.2 Å². The van der Waals surface area contributed by atoms with Crippen molar-refractivity contribution in [1.82, 2.24) is 10.2 Å². The van der Waals surface area contributed by atoms with Gasteiger partial charge in [0.2, 0.25) is 5.91 Å². The third-order valence-corrected chi connectivity index (χ3v) is 7.06. The van der Waals surface area contributed by atoms with Crippen LogP contribution in [0, 0.1) is 18.8 Å². The number of hydrogen-bond donors (Lipinski definition) is 1. The lowest BCUT2D eigenvalue weighted by molar-refractivity contribution is -0.126. The summed E-state index contributed by atoms with van der Waals surface area (Å²) < 4.78 is 30.3. The normalized spacial score (nSPS) is 30.9. The average molecular weight is 326 g/mol. The highest BCUT2D eigenvalue weighted by Crippen LogP contribution is 2.37. The number of aryl methyl sites for hydroxylation is 1. The van der Waals surface area contributed by atoms with Crippen LogP contribution in [0.15, 0.2) is 16.5 Å². The summed E-state index contributed by atoms with van der Waals surface area (Å²) in [6, 6.07) is 3.82. The fourth-order valence-corrected chi connectivity index (χ4v) is 5.87. The Kier molecular flexibility index (Phi) is 4.03. The molecular formula is C15H22N2O4S. The summed E-state index contributed by atoms with van der Waals surface area (Å²) in [5.41, 5.74) is 0. The van der Waals surface area contributed by atoms with Crippen LogP contribution in [0.5, 0.6) is 0 Å². The maximum atomic E-state index is 12.3. The molecule has 1 N–H and O–H groups in total. The molecule has 1 amide bonds. The molecule has 1 aromatic rings. The molecule has 22 heavy (non-hydrogen) atoms. The highest BCUT2D eigenvalue weighted by molar-refractivity contribution is 7.92. The maximum Gasteiger partial charge on any atom is 0.223 e. The Morgan fingerprint density at radius 3 is 2.82 bits per heavy atom. The molecule has 122 valence electrons. The Balaban J connectivity index is 1.78. The minimum atomic E-state index is -3.11. The third-order valence-electron chi connectivity index (χ3n) is 4.83. The summed E-state index contributed by atoms with van der Waals surface area (Å²) >= 11 is 0. The molecule has 2 aliphatic heterocycles. The molecule has 0 bridgehead atoms. The highest BCUT2D eigenvalue weighted by Gasteiger charge is 2.50. The van der Waals surface area contributed by atoms with E-state index in [1.165, 1.54) is 0 Å². The Morgan fingerprint density at radius 1 is 1.41 bits per heavy atom. The first-order valence-corrected chi connectivity index (χ1v) is 9.33. The Hall–Kier alpha value is -1.34. The number of sulfone groups is 1. The largest absolute Gasteiger partial charge is 0.465 e. The van der Waals surface area contributed by atoms with E-state index in [0.717, 1.165) is 11.5 Å². The Bertz CT molecular complexity index is 667. The van der Waals surface area contributed by atoms with Gasteiger partial charge in [0, 0.05) is 32.0 Å². The third kappa shape index (κ3) is 2.79. The van der Waals surface area contributed by atoms with Crippen LogP contribution in [0.2, 0.25) is 0 Å². The first-order valence-electron chi connectivity index (χ1n) is 7.61. The van der Waals surface area contributed by atoms with Crippen molar-refractivity contribution in [2.45, 2.75) is 25.1 Å². The molecular weight excluding hydrogens is 304 g/mol. The van der Waals surface area contributed by atoms with E-state index < -0.39 is 15.1 Å². The summed E-state index contributed by atoms with van der Waals surface area (Å²) in [6.45, 7) is 3.60. The number of fused-ring (bicyclic) bond motifs is 1. The fraction of sp³-hybridized carbons (Fsp3) is 0.667. The number of carbonyl (C=O) groups is 1. The number of carbonyl (C=O) groups excluding carboxylic acids is 1. The van der Waals surface area contributed by atoms with Gasteiger partial charge in [-0.05, 0) is 25.5 Å². The average Bonchev–Trinajstić information content (AvgIpc) is 3.06. The van der Waals surface area contributed by atoms with Crippen molar-refractivity contribution in [3.05, 3.63) is 23.7 Å². The molecule has 6 nitrogen and oxygen atoms in total. The predicted molar refractivity (Wildman–Crippen MR) is 82.0 cm³/mol. The lowest BCUT2D eigenvalue weighted by Gasteiger charge is -2.31. The smallest absolute Gasteiger partial charge is 0.223 e. The van der Waals surface area contributed by atoms with Crippen molar-refractivity contribution in [1.29, 1.82) is 0 Å². The van der Waals surface area contributed by atoms with Gasteiger partial charge in [0.15, 0.2) is 9.84 Å². The monoisotopic (exact) mass is 326 g/mol. The van der Waals surface area contributed by atoms with Crippen molar-refractivity contribution in [3.63, 3.8) is 0 Å². The SMILES string of the molecule is CNC(=O)[C@H]1CCS(=O)(=O)[C@@H]2CN(Cc3ccc(C)o3)C[C@H]12. The standard InChI is InChI=1S/C15H22N2O4S/c1-10-3-4-11(21-10)7-17-8-13-12(15(18)16-2)5-6-22(19,20)14(13)9-17/h3-4,12-14H,5-9H2,1-2H3,(H,16,18)/t12-,13+,14+/m0/s1. The van der Waals surface area contributed by atoms with E-state index in [-0.39, 0.29) is 23.5 Å². The predicted octanol–water partition coefficient (Wildman–Crippen LogP) is 0.569. The molecule has 0 radical (unpaired) electrons. The number of likely N-dealkylation sites (tertiary alicyclic amines) is 1. The van der Waals surface area contributed by atoms with Crippen LogP contribution in [0.1, 0.15) is 17.9 Å². The van der Waals surface area contributed by atoms with Gasteiger partial charge in [-0.3, -0.25) is 9.69 Å². The second kappa shape index (κ2) is 5.70. The van der Waals surface area contributed by atoms with Gasteiger partial charge in [-0.25, -0.2) is 8.42 Å². The molecule has 3 heterocycles. The zero-order valence-electron chi connectivity index (χ0n) is 12.9. The van der Waals surface area contributed by atoms with Crippen molar-refractivity contribution < 1.29 is 17.6 Å². The van der Waals surface area contributed by atoms with Gasteiger partial charge in [-0.2, -0.15) is 0 Å². The quantitative estimate of drug-likeness (QED) is 0.878. The second-order valence-corrected chi connectivity index (χ2v) is 8.62. The molecule has 3 rings (SSSR count). The van der Waals surface area contributed by atoms with E-state index in [2.05, 4.69) is 10.2 Å². The molecule has 0 saturated carbocycles. The number of hydrogen-bond acceptors (Lipinski definition) is 5. The molecule has 7 heteroatoms. The van der Waals surface area contributed by atoms with E-state index >= 15 is 0 Å². The van der Waals surface area contributed by atoms with Crippen LogP contribution in [0.3, 0.4) is 0 Å². The van der Waals surface area contributed by atoms with Gasteiger partial charge in [0.1, 0.15) is 11.5 Å². The highest BCUT2D eigenvalue weighted by atomic mass is 32.2. The minimum Gasteiger partial charge on any atom is -0.465 e. The van der Waals surface area contributed by atoms with Gasteiger partial charge in [-0.1, -0.05) is 0 Å². The van der Waals surface area contributed by atoms with Crippen LogP contribution < -0.4 is 5.32 Å². The number of amides is 1. The first-order chi connectivity index (χ1) is 10.4. The van der Waals surface area contributed by atoms with Crippen LogP contribution in [0.25, 0.3) is 0 Å². The van der Waals surface area contributed by atoms with Gasteiger partial charge < -0.3 is 9.73 Å². The van der Waals surface area contributed by atoms with E-state index in [1.54, 1.807) is 7.05 Å². The molecule has 0 aliphatic carbocycles. The van der Waals surface area contributed by atoms with Gasteiger partial charge in [0.25, 0.3) is 0 Å². The number of furan rings is 1. The molecule has 2 fully saturated rings. The zero-order valence-corrected chi connectivity index (χ0v) is 13.7. The Labute approximate surface area is 130 Å². The van der Waals surface area contributed by atoms with E-state index in [9.17, 15) is 13.2 Å². The number of rotatable bonds is 3. The summed E-state index contributed by atoms with van der Waals surface area (Å²) in [6.07, 6.45) is 0.427. The fourth-order valence-electron chi connectivity index (χ4n) is 3.73. The van der Waals surface area contributed by atoms with Crippen LogP contribution in [-0.4, -0.2) is 50.4 Å². The van der Waals surface area contributed by atoms with E-state index in [1.807, 2.05) is 19.1 Å². The topological polar surface area (TPSA) is 79.6 Å². The molecule has 0 spiro atoms. The molecule has 1 aromatic heterocycles. The van der Waals surface area contributed by atoms with E-state index in [4.69, 9.17) is 4.42 Å². The molecule has 2 aliphatic rings. The molecule has 2 saturated heterocycles. The molecule has 3 atom stereocenters. The van der Waals surface area contributed by atoms with Gasteiger partial charge in [-0.15, -0.1) is 0 Å². The Morgan fingerprint density at radius 2 is 2.18 bits per heavy atom. The second-order valence-electron chi connectivity index (χ2n) is 6.29. The zero-order chi connectivity index (χ0) is 15.9. The van der Waals surface area contributed by atoms with Gasteiger partial charge >= 0.3 is 0 Å². The molecule has 0 aromatic carbocycles. The van der Waals surface area contributed by atoms with Gasteiger partial charge in [0.05, 0.1) is 17.5 Å². The molecule has 0 unspecified atom stereocenters. The summed E-state index contributed by atoms with van der Waals surface area (Å²) in [5.74, 6) is 1.43. The number of nitrogens with one attached hydrogen (secondary N) is 1. The van der Waals surface area contributed by atoms with Crippen LogP contribution in [0.4, 0.5) is 0 Å².